The van der Waals surface area contributed by atoms with Gasteiger partial charge in [-0.05, 0) is 20.8 Å². The van der Waals surface area contributed by atoms with Crippen molar-refractivity contribution in [2.75, 3.05) is 28.4 Å². The first-order chi connectivity index (χ1) is 7.30. The summed E-state index contributed by atoms with van der Waals surface area (Å²) in [4.78, 5) is 0. The third-order valence-electron chi connectivity index (χ3n) is 3.13. The molecule has 0 bridgehead atoms. The van der Waals surface area contributed by atoms with Gasteiger partial charge in [-0.1, -0.05) is 0 Å². The Balaban J connectivity index is 5.70. The average molecular weight is 231 g/mol. The molecular formula is C11H21NO4. The van der Waals surface area contributed by atoms with Gasteiger partial charge < -0.3 is 18.9 Å². The Morgan fingerprint density at radius 3 is 1.44 bits per heavy atom. The minimum atomic E-state index is -1.32. The molecule has 0 aromatic heterocycles. The van der Waals surface area contributed by atoms with Gasteiger partial charge in [-0.3, -0.25) is 0 Å². The number of nitrogens with zero attached hydrogens (tertiary/aromatic N) is 1. The molecule has 0 spiro atoms. The van der Waals surface area contributed by atoms with Crippen molar-refractivity contribution in [1.29, 1.82) is 5.26 Å². The fourth-order valence-corrected chi connectivity index (χ4v) is 1.93. The second kappa shape index (κ2) is 5.11. The maximum atomic E-state index is 9.25. The number of rotatable bonds is 6. The molecule has 1 atom stereocenters. The fraction of sp³-hybridized carbons (Fsp3) is 0.909. The predicted molar refractivity (Wildman–Crippen MR) is 58.9 cm³/mol. The second-order valence-electron chi connectivity index (χ2n) is 4.09. The Bertz CT molecular complexity index is 268. The van der Waals surface area contributed by atoms with Gasteiger partial charge in [0.25, 0.3) is 0 Å². The summed E-state index contributed by atoms with van der Waals surface area (Å²) in [5.74, 6) is -1.32. The third-order valence-corrected chi connectivity index (χ3v) is 3.13. The zero-order valence-corrected chi connectivity index (χ0v) is 11.1. The van der Waals surface area contributed by atoms with Crippen LogP contribution in [-0.2, 0) is 18.9 Å². The van der Waals surface area contributed by atoms with E-state index in [9.17, 15) is 5.26 Å². The van der Waals surface area contributed by atoms with Crippen LogP contribution in [0, 0.1) is 11.3 Å². The van der Waals surface area contributed by atoms with Gasteiger partial charge in [-0.15, -0.1) is 0 Å². The van der Waals surface area contributed by atoms with Crippen molar-refractivity contribution >= 4 is 0 Å². The van der Waals surface area contributed by atoms with Crippen molar-refractivity contribution in [3.8, 4) is 6.07 Å². The molecule has 94 valence electrons. The summed E-state index contributed by atoms with van der Waals surface area (Å²) < 4.78 is 21.4. The summed E-state index contributed by atoms with van der Waals surface area (Å²) in [5.41, 5.74) is -2.13. The van der Waals surface area contributed by atoms with Crippen LogP contribution >= 0.6 is 0 Å². The molecule has 0 aliphatic rings. The topological polar surface area (TPSA) is 60.7 Å². The minimum Gasteiger partial charge on any atom is -0.373 e. The van der Waals surface area contributed by atoms with Gasteiger partial charge in [0.1, 0.15) is 11.7 Å². The standard InChI is InChI=1S/C11H21NO4/c1-9(2,13-4)11(15-6,16-7)10(3,8-12)14-5/h1-7H3. The van der Waals surface area contributed by atoms with Gasteiger partial charge in [0, 0.05) is 28.4 Å². The Hall–Kier alpha value is -0.670. The SMILES string of the molecule is COC(C)(C)C(OC)(OC)C(C)(C#N)OC. The largest absolute Gasteiger partial charge is 0.373 e. The summed E-state index contributed by atoms with van der Waals surface area (Å²) >= 11 is 0. The second-order valence-corrected chi connectivity index (χ2v) is 4.09. The van der Waals surface area contributed by atoms with Crippen LogP contribution in [0.15, 0.2) is 0 Å². The molecule has 0 aliphatic carbocycles. The molecule has 0 saturated heterocycles. The van der Waals surface area contributed by atoms with Crippen LogP contribution in [-0.4, -0.2) is 45.4 Å². The van der Waals surface area contributed by atoms with E-state index in [2.05, 4.69) is 6.07 Å². The van der Waals surface area contributed by atoms with Crippen molar-refractivity contribution in [3.05, 3.63) is 0 Å². The van der Waals surface area contributed by atoms with Crippen LogP contribution in [0.1, 0.15) is 20.8 Å². The van der Waals surface area contributed by atoms with Crippen LogP contribution in [0.3, 0.4) is 0 Å². The molecule has 0 fully saturated rings. The number of nitriles is 1. The first kappa shape index (κ1) is 15.3. The van der Waals surface area contributed by atoms with Gasteiger partial charge in [0.05, 0.1) is 0 Å². The van der Waals surface area contributed by atoms with E-state index in [0.29, 0.717) is 0 Å². The van der Waals surface area contributed by atoms with Crippen LogP contribution in [0.25, 0.3) is 0 Å². The van der Waals surface area contributed by atoms with Gasteiger partial charge >= 0.3 is 0 Å². The maximum Gasteiger partial charge on any atom is 0.240 e. The molecule has 0 aromatic rings. The molecule has 0 rings (SSSR count). The molecule has 0 aliphatic heterocycles. The molecule has 16 heavy (non-hydrogen) atoms. The van der Waals surface area contributed by atoms with Crippen LogP contribution in [0.4, 0.5) is 0 Å². The zero-order valence-electron chi connectivity index (χ0n) is 11.1. The summed E-state index contributed by atoms with van der Waals surface area (Å²) in [5, 5.41) is 9.25. The van der Waals surface area contributed by atoms with E-state index in [4.69, 9.17) is 18.9 Å². The molecule has 1 unspecified atom stereocenters. The molecule has 0 saturated carbocycles. The Labute approximate surface area is 97.2 Å². The number of hydrogen-bond donors (Lipinski definition) is 0. The smallest absolute Gasteiger partial charge is 0.240 e. The highest BCUT2D eigenvalue weighted by Gasteiger charge is 2.61. The van der Waals surface area contributed by atoms with Crippen molar-refractivity contribution < 1.29 is 18.9 Å². The maximum absolute atomic E-state index is 9.25. The average Bonchev–Trinajstić information content (AvgIpc) is 2.30. The molecule has 5 heteroatoms. The summed E-state index contributed by atoms with van der Waals surface area (Å²) in [6.07, 6.45) is 0. The van der Waals surface area contributed by atoms with E-state index in [1.165, 1.54) is 28.4 Å². The van der Waals surface area contributed by atoms with E-state index in [-0.39, 0.29) is 0 Å². The number of ether oxygens (including phenoxy) is 4. The lowest BCUT2D eigenvalue weighted by Crippen LogP contribution is -2.67. The molecule has 0 radical (unpaired) electrons. The lowest BCUT2D eigenvalue weighted by Gasteiger charge is -2.49. The van der Waals surface area contributed by atoms with E-state index >= 15 is 0 Å². The lowest BCUT2D eigenvalue weighted by molar-refractivity contribution is -0.354. The van der Waals surface area contributed by atoms with Gasteiger partial charge in [-0.2, -0.15) is 5.26 Å². The third kappa shape index (κ3) is 1.94. The summed E-state index contributed by atoms with van der Waals surface area (Å²) in [6.45, 7) is 5.14. The van der Waals surface area contributed by atoms with Crippen molar-refractivity contribution in [2.45, 2.75) is 37.8 Å². The van der Waals surface area contributed by atoms with Crippen molar-refractivity contribution in [1.82, 2.24) is 0 Å². The highest BCUT2D eigenvalue weighted by Crippen LogP contribution is 2.40. The van der Waals surface area contributed by atoms with Gasteiger partial charge in [-0.25, -0.2) is 0 Å². The van der Waals surface area contributed by atoms with Gasteiger partial charge in [0.15, 0.2) is 0 Å². The zero-order chi connectivity index (χ0) is 13.0. The van der Waals surface area contributed by atoms with Crippen LogP contribution in [0.5, 0.6) is 0 Å². The Kier molecular flexibility index (Phi) is 4.89. The molecule has 0 heterocycles. The minimum absolute atomic E-state index is 0.850. The highest BCUT2D eigenvalue weighted by molar-refractivity contribution is 5.14. The lowest BCUT2D eigenvalue weighted by atomic mass is 9.83. The van der Waals surface area contributed by atoms with Crippen LogP contribution in [0.2, 0.25) is 0 Å². The molecule has 0 aromatic carbocycles. The monoisotopic (exact) mass is 231 g/mol. The summed E-state index contributed by atoms with van der Waals surface area (Å²) in [6, 6.07) is 2.06. The highest BCUT2D eigenvalue weighted by atomic mass is 16.7. The fourth-order valence-electron chi connectivity index (χ4n) is 1.93. The molecular weight excluding hydrogens is 210 g/mol. The number of hydrogen-bond acceptors (Lipinski definition) is 5. The predicted octanol–water partition coefficient (Wildman–Crippen LogP) is 1.33. The quantitative estimate of drug-likeness (QED) is 0.645. The summed E-state index contributed by atoms with van der Waals surface area (Å²) in [7, 11) is 5.87. The van der Waals surface area contributed by atoms with E-state index in [1.54, 1.807) is 20.8 Å². The van der Waals surface area contributed by atoms with E-state index in [0.717, 1.165) is 0 Å². The van der Waals surface area contributed by atoms with E-state index in [1.807, 2.05) is 0 Å². The Morgan fingerprint density at radius 1 is 0.812 bits per heavy atom. The molecule has 5 nitrogen and oxygen atoms in total. The molecule has 0 N–H and O–H groups in total. The normalized spacial score (nSPS) is 16.6. The van der Waals surface area contributed by atoms with E-state index < -0.39 is 17.0 Å². The Morgan fingerprint density at radius 2 is 1.25 bits per heavy atom. The first-order valence-corrected chi connectivity index (χ1v) is 4.92. The van der Waals surface area contributed by atoms with Crippen molar-refractivity contribution in [2.24, 2.45) is 0 Å². The van der Waals surface area contributed by atoms with Crippen molar-refractivity contribution in [3.63, 3.8) is 0 Å². The first-order valence-electron chi connectivity index (χ1n) is 4.92. The number of methoxy groups -OCH3 is 4. The van der Waals surface area contributed by atoms with Gasteiger partial charge in [0.2, 0.25) is 11.4 Å². The van der Waals surface area contributed by atoms with Crippen LogP contribution < -0.4 is 0 Å². The molecule has 0 amide bonds.